The zero-order valence-electron chi connectivity index (χ0n) is 13.7. The molecule has 2 aromatic heterocycles. The van der Waals surface area contributed by atoms with E-state index in [-0.39, 0.29) is 6.54 Å². The van der Waals surface area contributed by atoms with Crippen molar-refractivity contribution in [3.63, 3.8) is 0 Å². The average Bonchev–Trinajstić information content (AvgIpc) is 3.14. The quantitative estimate of drug-likeness (QED) is 0.696. The van der Waals surface area contributed by atoms with Crippen LogP contribution in [0.15, 0.2) is 24.4 Å². The van der Waals surface area contributed by atoms with Gasteiger partial charge in [0.2, 0.25) is 0 Å². The van der Waals surface area contributed by atoms with Gasteiger partial charge in [-0.1, -0.05) is 11.6 Å². The first-order valence-electron chi connectivity index (χ1n) is 7.93. The van der Waals surface area contributed by atoms with Crippen molar-refractivity contribution < 1.29 is 18.0 Å². The van der Waals surface area contributed by atoms with Gasteiger partial charge in [-0.05, 0) is 18.2 Å². The number of benzene rings is 1. The first kappa shape index (κ1) is 17.0. The SMILES string of the molecule is Cn1cc(C(=O)N2CCc3[nH]c4ccc(Cl)cc4c3C2)c(C(F)(F)F)n1. The van der Waals surface area contributed by atoms with E-state index in [1.54, 1.807) is 12.1 Å². The summed E-state index contributed by atoms with van der Waals surface area (Å²) in [5.74, 6) is -0.674. The highest BCUT2D eigenvalue weighted by Gasteiger charge is 2.40. The van der Waals surface area contributed by atoms with E-state index in [2.05, 4.69) is 10.1 Å². The topological polar surface area (TPSA) is 53.9 Å². The number of aromatic nitrogens is 3. The van der Waals surface area contributed by atoms with Crippen molar-refractivity contribution in [2.24, 2.45) is 7.05 Å². The second kappa shape index (κ2) is 5.77. The fourth-order valence-electron chi connectivity index (χ4n) is 3.38. The van der Waals surface area contributed by atoms with Gasteiger partial charge in [-0.15, -0.1) is 0 Å². The maximum atomic E-state index is 13.2. The number of rotatable bonds is 1. The largest absolute Gasteiger partial charge is 0.435 e. The molecule has 136 valence electrons. The third-order valence-corrected chi connectivity index (χ3v) is 4.79. The van der Waals surface area contributed by atoms with E-state index in [0.29, 0.717) is 18.0 Å². The smallest absolute Gasteiger partial charge is 0.358 e. The van der Waals surface area contributed by atoms with E-state index >= 15 is 0 Å². The predicted molar refractivity (Wildman–Crippen MR) is 90.0 cm³/mol. The number of nitrogens with zero attached hydrogens (tertiary/aromatic N) is 3. The number of amides is 1. The summed E-state index contributed by atoms with van der Waals surface area (Å²) in [4.78, 5) is 17.5. The molecule has 26 heavy (non-hydrogen) atoms. The minimum absolute atomic E-state index is 0.223. The minimum atomic E-state index is -4.68. The summed E-state index contributed by atoms with van der Waals surface area (Å²) in [5, 5.41) is 4.86. The number of hydrogen-bond donors (Lipinski definition) is 1. The number of aryl methyl sites for hydroxylation is 1. The molecule has 0 spiro atoms. The van der Waals surface area contributed by atoms with Crippen LogP contribution in [0.1, 0.15) is 27.3 Å². The molecule has 0 saturated heterocycles. The second-order valence-electron chi connectivity index (χ2n) is 6.31. The van der Waals surface area contributed by atoms with Crippen LogP contribution in [-0.4, -0.2) is 32.1 Å². The molecule has 9 heteroatoms. The Kier molecular flexibility index (Phi) is 3.76. The van der Waals surface area contributed by atoms with E-state index in [9.17, 15) is 18.0 Å². The molecule has 1 amide bonds. The van der Waals surface area contributed by atoms with Crippen molar-refractivity contribution in [2.45, 2.75) is 19.1 Å². The predicted octanol–water partition coefficient (Wildman–Crippen LogP) is 3.77. The van der Waals surface area contributed by atoms with Gasteiger partial charge in [0.15, 0.2) is 5.69 Å². The van der Waals surface area contributed by atoms with Crippen molar-refractivity contribution in [1.29, 1.82) is 0 Å². The molecule has 1 N–H and O–H groups in total. The molecule has 0 fully saturated rings. The summed E-state index contributed by atoms with van der Waals surface area (Å²) in [6.45, 7) is 0.555. The Balaban J connectivity index is 1.70. The third kappa shape index (κ3) is 2.74. The Bertz CT molecular complexity index is 1020. The van der Waals surface area contributed by atoms with E-state index < -0.39 is 23.3 Å². The number of halogens is 4. The third-order valence-electron chi connectivity index (χ3n) is 4.55. The van der Waals surface area contributed by atoms with Crippen LogP contribution in [-0.2, 0) is 26.2 Å². The van der Waals surface area contributed by atoms with Gasteiger partial charge >= 0.3 is 6.18 Å². The zero-order chi connectivity index (χ0) is 18.6. The van der Waals surface area contributed by atoms with Crippen LogP contribution >= 0.6 is 11.6 Å². The maximum Gasteiger partial charge on any atom is 0.435 e. The highest BCUT2D eigenvalue weighted by molar-refractivity contribution is 6.31. The number of aromatic amines is 1. The van der Waals surface area contributed by atoms with Gasteiger partial charge in [0, 0.05) is 59.9 Å². The number of carbonyl (C=O) groups is 1. The molecule has 0 atom stereocenters. The average molecular weight is 383 g/mol. The molecule has 0 saturated carbocycles. The Hall–Kier alpha value is -2.48. The molecule has 4 rings (SSSR count). The highest BCUT2D eigenvalue weighted by atomic mass is 35.5. The van der Waals surface area contributed by atoms with Gasteiger partial charge in [-0.25, -0.2) is 0 Å². The Morgan fingerprint density at radius 1 is 1.35 bits per heavy atom. The van der Waals surface area contributed by atoms with Crippen molar-refractivity contribution in [1.82, 2.24) is 19.7 Å². The lowest BCUT2D eigenvalue weighted by Crippen LogP contribution is -2.36. The Morgan fingerprint density at radius 2 is 2.12 bits per heavy atom. The molecule has 0 unspecified atom stereocenters. The van der Waals surface area contributed by atoms with Gasteiger partial charge in [-0.3, -0.25) is 9.48 Å². The summed E-state index contributed by atoms with van der Waals surface area (Å²) in [6, 6.07) is 5.41. The van der Waals surface area contributed by atoms with Crippen LogP contribution in [0.3, 0.4) is 0 Å². The Labute approximate surface area is 151 Å². The van der Waals surface area contributed by atoms with Crippen LogP contribution in [0.25, 0.3) is 10.9 Å². The summed E-state index contributed by atoms with van der Waals surface area (Å²) >= 11 is 6.06. The lowest BCUT2D eigenvalue weighted by Gasteiger charge is -2.27. The summed E-state index contributed by atoms with van der Waals surface area (Å²) < 4.78 is 40.5. The van der Waals surface area contributed by atoms with Crippen molar-refractivity contribution in [2.75, 3.05) is 6.54 Å². The molecule has 3 aromatic rings. The summed E-state index contributed by atoms with van der Waals surface area (Å²) in [7, 11) is 1.36. The first-order chi connectivity index (χ1) is 12.2. The van der Waals surface area contributed by atoms with Gasteiger partial charge < -0.3 is 9.88 Å². The monoisotopic (exact) mass is 382 g/mol. The normalized spacial score (nSPS) is 14.7. The van der Waals surface area contributed by atoms with Gasteiger partial charge in [-0.2, -0.15) is 18.3 Å². The van der Waals surface area contributed by atoms with Crippen LogP contribution in [0.4, 0.5) is 13.2 Å². The maximum absolute atomic E-state index is 13.2. The molecule has 1 aliphatic heterocycles. The van der Waals surface area contributed by atoms with Crippen LogP contribution in [0, 0.1) is 0 Å². The molecule has 1 aliphatic rings. The molecule has 1 aromatic carbocycles. The molecular weight excluding hydrogens is 369 g/mol. The summed E-state index contributed by atoms with van der Waals surface area (Å²) in [6.07, 6.45) is -3.02. The van der Waals surface area contributed by atoms with Crippen molar-refractivity contribution in [3.05, 3.63) is 51.9 Å². The van der Waals surface area contributed by atoms with Crippen molar-refractivity contribution >= 4 is 28.4 Å². The molecule has 0 radical (unpaired) electrons. The van der Waals surface area contributed by atoms with E-state index in [1.165, 1.54) is 11.9 Å². The molecule has 0 bridgehead atoms. The number of nitrogens with one attached hydrogen (secondary N) is 1. The number of fused-ring (bicyclic) bond motifs is 3. The lowest BCUT2D eigenvalue weighted by atomic mass is 10.0. The number of alkyl halides is 3. The van der Waals surface area contributed by atoms with Crippen LogP contribution in [0.2, 0.25) is 5.02 Å². The van der Waals surface area contributed by atoms with Gasteiger partial charge in [0.05, 0.1) is 5.56 Å². The fraction of sp³-hybridized carbons (Fsp3) is 0.294. The zero-order valence-corrected chi connectivity index (χ0v) is 14.4. The molecule has 5 nitrogen and oxygen atoms in total. The van der Waals surface area contributed by atoms with E-state index in [1.807, 2.05) is 6.07 Å². The highest BCUT2D eigenvalue weighted by Crippen LogP contribution is 2.33. The number of H-pyrrole nitrogens is 1. The molecule has 3 heterocycles. The first-order valence-corrected chi connectivity index (χ1v) is 8.31. The van der Waals surface area contributed by atoms with E-state index in [0.717, 1.165) is 33.0 Å². The summed E-state index contributed by atoms with van der Waals surface area (Å²) in [5.41, 5.74) is 1.18. The van der Waals surface area contributed by atoms with Crippen LogP contribution in [0.5, 0.6) is 0 Å². The van der Waals surface area contributed by atoms with Gasteiger partial charge in [0.1, 0.15) is 0 Å². The number of hydrogen-bond acceptors (Lipinski definition) is 2. The molecule has 0 aliphatic carbocycles. The number of carbonyl (C=O) groups excluding carboxylic acids is 1. The van der Waals surface area contributed by atoms with Crippen molar-refractivity contribution in [3.8, 4) is 0 Å². The minimum Gasteiger partial charge on any atom is -0.358 e. The lowest BCUT2D eigenvalue weighted by molar-refractivity contribution is -0.141. The Morgan fingerprint density at radius 3 is 2.85 bits per heavy atom. The fourth-order valence-corrected chi connectivity index (χ4v) is 3.56. The second-order valence-corrected chi connectivity index (χ2v) is 6.75. The standard InChI is InChI=1S/C17H14ClF3N4O/c1-24-7-12(15(23-24)17(19,20)21)16(26)25-5-4-14-11(8-25)10-6-9(18)2-3-13(10)22-14/h2-3,6-7,22H,4-5,8H2,1H3. The molecular formula is C17H14ClF3N4O. The van der Waals surface area contributed by atoms with Crippen LogP contribution < -0.4 is 0 Å². The van der Waals surface area contributed by atoms with E-state index in [4.69, 9.17) is 11.6 Å². The van der Waals surface area contributed by atoms with Gasteiger partial charge in [0.25, 0.3) is 5.91 Å².